The molecule has 0 bridgehead atoms. The number of benzene rings is 1. The topological polar surface area (TPSA) is 50.4 Å². The molecule has 4 heteroatoms. The fraction of sp³-hybridized carbons (Fsp3) is 0.562. The number of carbonyl (C=O) groups is 1. The average molecular weight is 278 g/mol. The molecule has 0 aliphatic heterocycles. The Morgan fingerprint density at radius 1 is 1.25 bits per heavy atom. The molecule has 1 aromatic rings. The molecule has 1 unspecified atom stereocenters. The van der Waals surface area contributed by atoms with Crippen molar-refractivity contribution in [2.75, 3.05) is 19.0 Å². The summed E-state index contributed by atoms with van der Waals surface area (Å²) in [6.07, 6.45) is 4.81. The number of methoxy groups -OCH3 is 1. The molecule has 4 nitrogen and oxygen atoms in total. The Morgan fingerprint density at radius 2 is 1.95 bits per heavy atom. The first-order chi connectivity index (χ1) is 9.65. The molecule has 1 rings (SSSR count). The van der Waals surface area contributed by atoms with E-state index in [2.05, 4.69) is 24.5 Å². The predicted octanol–water partition coefficient (Wildman–Crippen LogP) is 3.19. The van der Waals surface area contributed by atoms with Crippen molar-refractivity contribution in [3.63, 3.8) is 0 Å². The molecule has 1 aromatic carbocycles. The molecule has 112 valence electrons. The van der Waals surface area contributed by atoms with Crippen LogP contribution in [0.25, 0.3) is 0 Å². The van der Waals surface area contributed by atoms with Crippen molar-refractivity contribution in [1.29, 1.82) is 0 Å². The number of hydrogen-bond donors (Lipinski definition) is 2. The first kappa shape index (κ1) is 16.5. The van der Waals surface area contributed by atoms with E-state index in [0.29, 0.717) is 12.6 Å². The van der Waals surface area contributed by atoms with Crippen LogP contribution < -0.4 is 15.4 Å². The van der Waals surface area contributed by atoms with E-state index >= 15 is 0 Å². The van der Waals surface area contributed by atoms with Crippen molar-refractivity contribution >= 4 is 11.6 Å². The van der Waals surface area contributed by atoms with E-state index in [9.17, 15) is 4.79 Å². The summed E-state index contributed by atoms with van der Waals surface area (Å²) in [6.45, 7) is 4.66. The Balaban J connectivity index is 2.25. The zero-order valence-corrected chi connectivity index (χ0v) is 12.7. The van der Waals surface area contributed by atoms with E-state index < -0.39 is 0 Å². The lowest BCUT2D eigenvalue weighted by Crippen LogP contribution is -2.34. The monoisotopic (exact) mass is 278 g/mol. The van der Waals surface area contributed by atoms with E-state index in [0.717, 1.165) is 17.9 Å². The highest BCUT2D eigenvalue weighted by Crippen LogP contribution is 2.14. The minimum atomic E-state index is -0.0162. The second-order valence-electron chi connectivity index (χ2n) is 5.05. The van der Waals surface area contributed by atoms with Gasteiger partial charge in [-0.1, -0.05) is 26.2 Å². The zero-order chi connectivity index (χ0) is 14.8. The highest BCUT2D eigenvalue weighted by atomic mass is 16.5. The largest absolute Gasteiger partial charge is 0.497 e. The standard InChI is InChI=1S/C16H26N2O2/c1-4-5-6-7-13(2)17-12-16(19)18-14-8-10-15(20-3)11-9-14/h8-11,13,17H,4-7,12H2,1-3H3,(H,18,19). The minimum Gasteiger partial charge on any atom is -0.497 e. The number of carbonyl (C=O) groups excluding carboxylic acids is 1. The quantitative estimate of drug-likeness (QED) is 0.682. The van der Waals surface area contributed by atoms with Crippen molar-refractivity contribution in [3.8, 4) is 5.75 Å². The molecular formula is C16H26N2O2. The smallest absolute Gasteiger partial charge is 0.238 e. The molecule has 0 spiro atoms. The van der Waals surface area contributed by atoms with Crippen molar-refractivity contribution < 1.29 is 9.53 Å². The Bertz CT molecular complexity index is 390. The normalized spacial score (nSPS) is 11.9. The maximum Gasteiger partial charge on any atom is 0.238 e. The lowest BCUT2D eigenvalue weighted by atomic mass is 10.1. The average Bonchev–Trinajstić information content (AvgIpc) is 2.46. The SMILES string of the molecule is CCCCCC(C)NCC(=O)Nc1ccc(OC)cc1. The number of hydrogen-bond acceptors (Lipinski definition) is 3. The molecule has 0 heterocycles. The fourth-order valence-electron chi connectivity index (χ4n) is 1.95. The maximum absolute atomic E-state index is 11.8. The van der Waals surface area contributed by atoms with E-state index in [1.54, 1.807) is 7.11 Å². The van der Waals surface area contributed by atoms with Crippen molar-refractivity contribution in [3.05, 3.63) is 24.3 Å². The Labute approximate surface area is 121 Å². The highest BCUT2D eigenvalue weighted by molar-refractivity contribution is 5.92. The molecule has 0 saturated carbocycles. The molecule has 1 amide bonds. The van der Waals surface area contributed by atoms with Crippen LogP contribution in [0.3, 0.4) is 0 Å². The Morgan fingerprint density at radius 3 is 2.55 bits per heavy atom. The minimum absolute atomic E-state index is 0.0162. The van der Waals surface area contributed by atoms with Gasteiger partial charge in [-0.3, -0.25) is 4.79 Å². The molecule has 0 aliphatic carbocycles. The summed E-state index contributed by atoms with van der Waals surface area (Å²) < 4.78 is 5.07. The van der Waals surface area contributed by atoms with Gasteiger partial charge < -0.3 is 15.4 Å². The van der Waals surface area contributed by atoms with Gasteiger partial charge in [0, 0.05) is 11.7 Å². The summed E-state index contributed by atoms with van der Waals surface area (Å²) in [7, 11) is 1.62. The van der Waals surface area contributed by atoms with Gasteiger partial charge in [-0.2, -0.15) is 0 Å². The van der Waals surface area contributed by atoms with Crippen LogP contribution in [0.5, 0.6) is 5.75 Å². The van der Waals surface area contributed by atoms with E-state index in [-0.39, 0.29) is 5.91 Å². The number of amides is 1. The molecule has 1 atom stereocenters. The van der Waals surface area contributed by atoms with Crippen molar-refractivity contribution in [2.45, 2.75) is 45.6 Å². The zero-order valence-electron chi connectivity index (χ0n) is 12.7. The van der Waals surface area contributed by atoms with Crippen LogP contribution in [-0.4, -0.2) is 25.6 Å². The second kappa shape index (κ2) is 9.37. The van der Waals surface area contributed by atoms with Crippen LogP contribution in [0.2, 0.25) is 0 Å². The van der Waals surface area contributed by atoms with Gasteiger partial charge in [0.15, 0.2) is 0 Å². The first-order valence-corrected chi connectivity index (χ1v) is 7.33. The summed E-state index contributed by atoms with van der Waals surface area (Å²) >= 11 is 0. The van der Waals surface area contributed by atoms with Gasteiger partial charge in [0.1, 0.15) is 5.75 Å². The molecular weight excluding hydrogens is 252 g/mol. The van der Waals surface area contributed by atoms with Gasteiger partial charge in [0.05, 0.1) is 13.7 Å². The summed E-state index contributed by atoms with van der Waals surface area (Å²) in [6, 6.07) is 7.71. The van der Waals surface area contributed by atoms with Gasteiger partial charge in [-0.15, -0.1) is 0 Å². The van der Waals surface area contributed by atoms with Gasteiger partial charge >= 0.3 is 0 Å². The molecule has 0 aromatic heterocycles. The lowest BCUT2D eigenvalue weighted by Gasteiger charge is -2.13. The number of unbranched alkanes of at least 4 members (excludes halogenated alkanes) is 2. The fourth-order valence-corrected chi connectivity index (χ4v) is 1.95. The highest BCUT2D eigenvalue weighted by Gasteiger charge is 2.06. The molecule has 0 aliphatic rings. The molecule has 20 heavy (non-hydrogen) atoms. The molecule has 0 saturated heterocycles. The van der Waals surface area contributed by atoms with Crippen molar-refractivity contribution in [2.24, 2.45) is 0 Å². The van der Waals surface area contributed by atoms with Gasteiger partial charge in [-0.05, 0) is 37.6 Å². The molecule has 2 N–H and O–H groups in total. The van der Waals surface area contributed by atoms with Crippen LogP contribution in [0.4, 0.5) is 5.69 Å². The number of rotatable bonds is 9. The third kappa shape index (κ3) is 6.57. The Kier molecular flexibility index (Phi) is 7.73. The summed E-state index contributed by atoms with van der Waals surface area (Å²) in [5.41, 5.74) is 0.788. The van der Waals surface area contributed by atoms with E-state index in [4.69, 9.17) is 4.74 Å². The number of nitrogens with one attached hydrogen (secondary N) is 2. The van der Waals surface area contributed by atoms with Crippen molar-refractivity contribution in [1.82, 2.24) is 5.32 Å². The second-order valence-corrected chi connectivity index (χ2v) is 5.05. The van der Waals surface area contributed by atoms with Crippen LogP contribution in [0.15, 0.2) is 24.3 Å². The van der Waals surface area contributed by atoms with Crippen LogP contribution in [0, 0.1) is 0 Å². The molecule has 0 fully saturated rings. The number of anilines is 1. The predicted molar refractivity (Wildman–Crippen MR) is 83.2 cm³/mol. The van der Waals surface area contributed by atoms with E-state index in [1.165, 1.54) is 19.3 Å². The summed E-state index contributed by atoms with van der Waals surface area (Å²) in [5.74, 6) is 0.767. The van der Waals surface area contributed by atoms with Crippen LogP contribution in [-0.2, 0) is 4.79 Å². The Hall–Kier alpha value is -1.55. The number of ether oxygens (including phenoxy) is 1. The summed E-state index contributed by atoms with van der Waals surface area (Å²) in [4.78, 5) is 11.8. The van der Waals surface area contributed by atoms with E-state index in [1.807, 2.05) is 24.3 Å². The maximum atomic E-state index is 11.8. The lowest BCUT2D eigenvalue weighted by molar-refractivity contribution is -0.115. The first-order valence-electron chi connectivity index (χ1n) is 7.33. The van der Waals surface area contributed by atoms with Gasteiger partial charge in [-0.25, -0.2) is 0 Å². The summed E-state index contributed by atoms with van der Waals surface area (Å²) in [5, 5.41) is 6.11. The van der Waals surface area contributed by atoms with Gasteiger partial charge in [0.25, 0.3) is 0 Å². The third-order valence-corrected chi connectivity index (χ3v) is 3.23. The third-order valence-electron chi connectivity index (χ3n) is 3.23. The van der Waals surface area contributed by atoms with Gasteiger partial charge in [0.2, 0.25) is 5.91 Å². The van der Waals surface area contributed by atoms with Crippen LogP contribution in [0.1, 0.15) is 39.5 Å². The van der Waals surface area contributed by atoms with Crippen LogP contribution >= 0.6 is 0 Å². The molecule has 0 radical (unpaired) electrons.